The summed E-state index contributed by atoms with van der Waals surface area (Å²) in [7, 11) is 0. The molecule has 0 bridgehead atoms. The van der Waals surface area contributed by atoms with Gasteiger partial charge in [0.15, 0.2) is 0 Å². The van der Waals surface area contributed by atoms with Gasteiger partial charge in [-0.2, -0.15) is 13.2 Å². The van der Waals surface area contributed by atoms with E-state index in [1.54, 1.807) is 6.07 Å². The number of benzene rings is 2. The number of primary amides is 1. The van der Waals surface area contributed by atoms with Crippen LogP contribution < -0.4 is 16.2 Å². The van der Waals surface area contributed by atoms with Gasteiger partial charge in [0.1, 0.15) is 11.1 Å². The minimum atomic E-state index is -4.44. The molecular weight excluding hydrogens is 383 g/mol. The topological polar surface area (TPSA) is 71.8 Å². The van der Waals surface area contributed by atoms with Crippen LogP contribution in [0.15, 0.2) is 57.9 Å². The lowest BCUT2D eigenvalue weighted by atomic mass is 10.1. The zero-order chi connectivity index (χ0) is 21.2. The monoisotopic (exact) mass is 403 g/mol. The molecule has 5 nitrogen and oxygen atoms in total. The van der Waals surface area contributed by atoms with Crippen molar-refractivity contribution in [2.75, 3.05) is 18.0 Å². The Balaban J connectivity index is 2.14. The molecule has 0 spiro atoms. The average molecular weight is 403 g/mol. The van der Waals surface area contributed by atoms with Crippen LogP contribution in [0.1, 0.15) is 29.8 Å². The molecule has 1 aromatic heterocycles. The second-order valence-corrected chi connectivity index (χ2v) is 6.38. The van der Waals surface area contributed by atoms with Gasteiger partial charge < -0.3 is 15.1 Å². The number of nitrogens with two attached hydrogens (primary N) is 1. The number of nitrogens with zero attached hydrogens (tertiary/aromatic N) is 2. The first-order valence-electron chi connectivity index (χ1n) is 9.07. The van der Waals surface area contributed by atoms with Crippen molar-refractivity contribution >= 4 is 28.3 Å². The fourth-order valence-corrected chi connectivity index (χ4v) is 2.99. The highest BCUT2D eigenvalue weighted by atomic mass is 19.4. The summed E-state index contributed by atoms with van der Waals surface area (Å²) in [5, 5.41) is 0.668. The van der Waals surface area contributed by atoms with E-state index in [1.807, 2.05) is 32.0 Å². The van der Waals surface area contributed by atoms with E-state index in [9.17, 15) is 18.0 Å². The molecule has 0 saturated carbocycles. The van der Waals surface area contributed by atoms with Crippen molar-refractivity contribution in [1.29, 1.82) is 0 Å². The molecule has 152 valence electrons. The van der Waals surface area contributed by atoms with Gasteiger partial charge in [0.05, 0.1) is 11.3 Å². The average Bonchev–Trinajstić information content (AvgIpc) is 2.68. The molecule has 1 amide bonds. The third-order valence-corrected chi connectivity index (χ3v) is 4.55. The third kappa shape index (κ3) is 4.42. The number of alkyl halides is 3. The van der Waals surface area contributed by atoms with Gasteiger partial charge in [-0.15, -0.1) is 0 Å². The Hall–Kier alpha value is -3.29. The highest BCUT2D eigenvalue weighted by molar-refractivity contribution is 5.95. The van der Waals surface area contributed by atoms with Crippen LogP contribution in [0.4, 0.5) is 24.5 Å². The summed E-state index contributed by atoms with van der Waals surface area (Å²) in [6.45, 7) is 5.69. The maximum absolute atomic E-state index is 12.7. The lowest BCUT2D eigenvalue weighted by Gasteiger charge is -2.21. The van der Waals surface area contributed by atoms with Crippen LogP contribution in [0.25, 0.3) is 11.0 Å². The standard InChI is InChI=1S/C21H20F3N3O2/c1-3-27(4-2)16-10-5-13-11-17(19(25)28)20(29-18(13)12-16)26-15-8-6-14(7-9-15)21(22,23)24/h5-12H,3-4H2,1-2H3,(H2,25,28). The van der Waals surface area contributed by atoms with Crippen LogP contribution in [0.3, 0.4) is 0 Å². The largest absolute Gasteiger partial charge is 0.437 e. The number of carbonyl (C=O) groups is 1. The van der Waals surface area contributed by atoms with E-state index < -0.39 is 17.6 Å². The Labute approximate surface area is 165 Å². The number of halogens is 3. The normalized spacial score (nSPS) is 12.4. The molecule has 3 rings (SSSR count). The van der Waals surface area contributed by atoms with Crippen molar-refractivity contribution in [3.8, 4) is 0 Å². The second-order valence-electron chi connectivity index (χ2n) is 6.38. The van der Waals surface area contributed by atoms with E-state index in [0.29, 0.717) is 11.0 Å². The zero-order valence-corrected chi connectivity index (χ0v) is 16.0. The minimum absolute atomic E-state index is 0.0491. The lowest BCUT2D eigenvalue weighted by molar-refractivity contribution is -0.137. The van der Waals surface area contributed by atoms with Gasteiger partial charge in [-0.05, 0) is 56.3 Å². The van der Waals surface area contributed by atoms with Crippen molar-refractivity contribution in [3.63, 3.8) is 0 Å². The maximum Gasteiger partial charge on any atom is 0.416 e. The number of hydrogen-bond acceptors (Lipinski definition) is 4. The zero-order valence-electron chi connectivity index (χ0n) is 16.0. The first-order valence-corrected chi connectivity index (χ1v) is 9.07. The van der Waals surface area contributed by atoms with E-state index in [2.05, 4.69) is 9.89 Å². The minimum Gasteiger partial charge on any atom is -0.437 e. The predicted molar refractivity (Wildman–Crippen MR) is 105 cm³/mol. The molecule has 29 heavy (non-hydrogen) atoms. The van der Waals surface area contributed by atoms with Crippen molar-refractivity contribution in [3.05, 3.63) is 65.2 Å². The first-order chi connectivity index (χ1) is 13.7. The number of amides is 1. The van der Waals surface area contributed by atoms with Crippen molar-refractivity contribution in [1.82, 2.24) is 0 Å². The third-order valence-electron chi connectivity index (χ3n) is 4.55. The molecule has 0 fully saturated rings. The smallest absolute Gasteiger partial charge is 0.416 e. The van der Waals surface area contributed by atoms with Crippen molar-refractivity contribution < 1.29 is 22.4 Å². The first kappa shape index (κ1) is 20.4. The fraction of sp³-hybridized carbons (Fsp3) is 0.238. The van der Waals surface area contributed by atoms with Gasteiger partial charge in [0.25, 0.3) is 5.91 Å². The Morgan fingerprint density at radius 3 is 2.28 bits per heavy atom. The molecule has 0 aliphatic carbocycles. The number of carbonyl (C=O) groups excluding carboxylic acids is 1. The number of anilines is 1. The van der Waals surface area contributed by atoms with Crippen LogP contribution in [0, 0.1) is 0 Å². The summed E-state index contributed by atoms with van der Waals surface area (Å²) in [4.78, 5) is 18.2. The van der Waals surface area contributed by atoms with Gasteiger partial charge in [-0.1, -0.05) is 0 Å². The van der Waals surface area contributed by atoms with Gasteiger partial charge in [-0.3, -0.25) is 4.79 Å². The van der Waals surface area contributed by atoms with E-state index in [4.69, 9.17) is 10.2 Å². The summed E-state index contributed by atoms with van der Waals surface area (Å²) < 4.78 is 44.0. The van der Waals surface area contributed by atoms with E-state index in [1.165, 1.54) is 12.1 Å². The molecule has 2 N–H and O–H groups in total. The van der Waals surface area contributed by atoms with E-state index >= 15 is 0 Å². The molecule has 0 aliphatic heterocycles. The van der Waals surface area contributed by atoms with E-state index in [0.717, 1.165) is 30.9 Å². The molecular formula is C21H20F3N3O2. The Morgan fingerprint density at radius 1 is 1.07 bits per heavy atom. The summed E-state index contributed by atoms with van der Waals surface area (Å²) >= 11 is 0. The summed E-state index contributed by atoms with van der Waals surface area (Å²) in [6.07, 6.45) is -4.44. The molecule has 0 unspecified atom stereocenters. The molecule has 0 saturated heterocycles. The molecule has 3 aromatic rings. The fourth-order valence-electron chi connectivity index (χ4n) is 2.99. The molecule has 0 radical (unpaired) electrons. The number of hydrogen-bond donors (Lipinski definition) is 1. The summed E-state index contributed by atoms with van der Waals surface area (Å²) in [5.41, 5.74) is 6.30. The quantitative estimate of drug-likeness (QED) is 0.675. The molecule has 2 aromatic carbocycles. The summed E-state index contributed by atoms with van der Waals surface area (Å²) in [5.74, 6) is -0.742. The molecule has 8 heteroatoms. The molecule has 0 atom stereocenters. The molecule has 1 heterocycles. The highest BCUT2D eigenvalue weighted by Gasteiger charge is 2.29. The van der Waals surface area contributed by atoms with Gasteiger partial charge in [0.2, 0.25) is 5.55 Å². The SMILES string of the molecule is CCN(CC)c1ccc2cc(C(N)=O)c(=Nc3ccc(C(F)(F)F)cc3)oc2c1. The van der Waals surface area contributed by atoms with Crippen LogP contribution in [0.2, 0.25) is 0 Å². The van der Waals surface area contributed by atoms with Gasteiger partial charge in [0, 0.05) is 30.2 Å². The van der Waals surface area contributed by atoms with Crippen molar-refractivity contribution in [2.45, 2.75) is 20.0 Å². The van der Waals surface area contributed by atoms with Crippen molar-refractivity contribution in [2.24, 2.45) is 10.7 Å². The van der Waals surface area contributed by atoms with Crippen LogP contribution in [-0.2, 0) is 6.18 Å². The van der Waals surface area contributed by atoms with Gasteiger partial charge in [-0.25, -0.2) is 4.99 Å². The second kappa shape index (κ2) is 7.98. The molecule has 0 aliphatic rings. The number of rotatable bonds is 5. The number of fused-ring (bicyclic) bond motifs is 1. The van der Waals surface area contributed by atoms with Crippen LogP contribution >= 0.6 is 0 Å². The Kier molecular flexibility index (Phi) is 5.63. The van der Waals surface area contributed by atoms with Crippen LogP contribution in [0.5, 0.6) is 0 Å². The van der Waals surface area contributed by atoms with Crippen LogP contribution in [-0.4, -0.2) is 19.0 Å². The maximum atomic E-state index is 12.7. The predicted octanol–water partition coefficient (Wildman–Crippen LogP) is 4.63. The lowest BCUT2D eigenvalue weighted by Crippen LogP contribution is -2.23. The highest BCUT2D eigenvalue weighted by Crippen LogP contribution is 2.30. The summed E-state index contributed by atoms with van der Waals surface area (Å²) in [6, 6.07) is 11.4. The van der Waals surface area contributed by atoms with Gasteiger partial charge >= 0.3 is 6.18 Å². The Bertz CT molecular complexity index is 1100. The Morgan fingerprint density at radius 2 is 1.72 bits per heavy atom. The van der Waals surface area contributed by atoms with E-state index in [-0.39, 0.29) is 16.8 Å².